The predicted molar refractivity (Wildman–Crippen MR) is 83.5 cm³/mol. The molecule has 0 aromatic carbocycles. The second kappa shape index (κ2) is 5.67. The van der Waals surface area contributed by atoms with E-state index in [1.54, 1.807) is 0 Å². The number of rotatable bonds is 2. The molecule has 2 saturated heterocycles. The molecule has 2 aliphatic heterocycles. The van der Waals surface area contributed by atoms with E-state index in [2.05, 4.69) is 44.8 Å². The molecule has 0 spiro atoms. The maximum absolute atomic E-state index is 13.0. The second-order valence-corrected chi connectivity index (χ2v) is 8.17. The average molecular weight is 280 g/mol. The van der Waals surface area contributed by atoms with Crippen LogP contribution in [0.1, 0.15) is 53.9 Å². The van der Waals surface area contributed by atoms with Gasteiger partial charge in [0.15, 0.2) is 0 Å². The number of carbonyl (C=O) groups is 1. The van der Waals surface area contributed by atoms with Gasteiger partial charge in [-0.2, -0.15) is 0 Å². The number of piperidine rings is 1. The molecule has 1 amide bonds. The zero-order chi connectivity index (χ0) is 15.0. The molecule has 2 aliphatic rings. The molecular weight excluding hydrogens is 248 g/mol. The Morgan fingerprint density at radius 2 is 1.85 bits per heavy atom. The third kappa shape index (κ3) is 2.88. The Bertz CT molecular complexity index is 342. The van der Waals surface area contributed by atoms with Gasteiger partial charge in [-0.05, 0) is 43.1 Å². The molecule has 0 aromatic rings. The predicted octanol–water partition coefficient (Wildman–Crippen LogP) is 2.91. The molecular formula is C17H32N2O. The first-order valence-corrected chi connectivity index (χ1v) is 8.27. The molecule has 0 radical (unpaired) electrons. The largest absolute Gasteiger partial charge is 0.342 e. The lowest BCUT2D eigenvalue weighted by Crippen LogP contribution is -2.51. The van der Waals surface area contributed by atoms with Gasteiger partial charge in [-0.25, -0.2) is 0 Å². The Balaban J connectivity index is 2.01. The van der Waals surface area contributed by atoms with Gasteiger partial charge in [0, 0.05) is 19.6 Å². The third-order valence-electron chi connectivity index (χ3n) is 5.73. The number of nitrogens with one attached hydrogen (secondary N) is 1. The third-order valence-corrected chi connectivity index (χ3v) is 5.73. The molecule has 1 atom stereocenters. The van der Waals surface area contributed by atoms with Crippen molar-refractivity contribution in [3.05, 3.63) is 0 Å². The molecule has 0 bridgehead atoms. The van der Waals surface area contributed by atoms with Crippen LogP contribution in [0.15, 0.2) is 0 Å². The van der Waals surface area contributed by atoms with Crippen LogP contribution in [0.4, 0.5) is 0 Å². The Morgan fingerprint density at radius 1 is 1.25 bits per heavy atom. The number of hydrogen-bond acceptors (Lipinski definition) is 2. The maximum Gasteiger partial charge on any atom is 0.230 e. The van der Waals surface area contributed by atoms with E-state index < -0.39 is 0 Å². The highest BCUT2D eigenvalue weighted by Gasteiger charge is 2.46. The summed E-state index contributed by atoms with van der Waals surface area (Å²) in [5.41, 5.74) is 0.231. The highest BCUT2D eigenvalue weighted by molar-refractivity contribution is 5.83. The van der Waals surface area contributed by atoms with E-state index >= 15 is 0 Å². The van der Waals surface area contributed by atoms with Crippen LogP contribution < -0.4 is 5.32 Å². The average Bonchev–Trinajstić information content (AvgIpc) is 2.87. The minimum absolute atomic E-state index is 0.144. The highest BCUT2D eigenvalue weighted by atomic mass is 16.2. The summed E-state index contributed by atoms with van der Waals surface area (Å²) in [4.78, 5) is 15.2. The Labute approximate surface area is 124 Å². The molecule has 3 nitrogen and oxygen atoms in total. The fourth-order valence-electron chi connectivity index (χ4n) is 3.90. The normalized spacial score (nSPS) is 29.2. The van der Waals surface area contributed by atoms with Crippen LogP contribution in [0.3, 0.4) is 0 Å². The Morgan fingerprint density at radius 3 is 2.25 bits per heavy atom. The van der Waals surface area contributed by atoms with Gasteiger partial charge in [-0.1, -0.05) is 34.6 Å². The molecule has 2 fully saturated rings. The molecule has 0 saturated carbocycles. The van der Waals surface area contributed by atoms with Crippen LogP contribution in [-0.4, -0.2) is 37.0 Å². The molecule has 1 unspecified atom stereocenters. The topological polar surface area (TPSA) is 32.3 Å². The molecule has 116 valence electrons. The van der Waals surface area contributed by atoms with Crippen molar-refractivity contribution in [1.29, 1.82) is 0 Å². The van der Waals surface area contributed by atoms with Crippen LogP contribution in [0.5, 0.6) is 0 Å². The first-order chi connectivity index (χ1) is 9.27. The van der Waals surface area contributed by atoms with E-state index in [-0.39, 0.29) is 5.41 Å². The monoisotopic (exact) mass is 280 g/mol. The minimum Gasteiger partial charge on any atom is -0.342 e. The Kier molecular flexibility index (Phi) is 4.48. The van der Waals surface area contributed by atoms with Crippen molar-refractivity contribution in [2.24, 2.45) is 22.7 Å². The lowest BCUT2D eigenvalue weighted by atomic mass is 9.73. The molecule has 2 rings (SSSR count). The van der Waals surface area contributed by atoms with Gasteiger partial charge in [-0.15, -0.1) is 0 Å². The van der Waals surface area contributed by atoms with E-state index in [0.29, 0.717) is 17.2 Å². The standard InChI is InChI=1S/C17H32N2O/c1-13(2)17(8-9-18-12-17)15(20)19-10-6-14(7-11-19)16(3,4)5/h13-14,18H,6-12H2,1-5H3. The molecule has 1 N–H and O–H groups in total. The summed E-state index contributed by atoms with van der Waals surface area (Å²) in [6, 6.07) is 0. The Hall–Kier alpha value is -0.570. The number of nitrogens with zero attached hydrogens (tertiary/aromatic N) is 1. The minimum atomic E-state index is -0.144. The van der Waals surface area contributed by atoms with Crippen molar-refractivity contribution in [2.45, 2.75) is 53.9 Å². The van der Waals surface area contributed by atoms with E-state index in [4.69, 9.17) is 0 Å². The molecule has 20 heavy (non-hydrogen) atoms. The van der Waals surface area contributed by atoms with Gasteiger partial charge in [0.25, 0.3) is 0 Å². The lowest BCUT2D eigenvalue weighted by molar-refractivity contribution is -0.145. The number of amides is 1. The molecule has 0 aromatic heterocycles. The molecule has 2 heterocycles. The van der Waals surface area contributed by atoms with Gasteiger partial charge in [0.2, 0.25) is 5.91 Å². The zero-order valence-corrected chi connectivity index (χ0v) is 14.0. The SMILES string of the molecule is CC(C)C1(C(=O)N2CCC(C(C)(C)C)CC2)CCNC1. The quantitative estimate of drug-likeness (QED) is 0.843. The van der Waals surface area contributed by atoms with E-state index in [0.717, 1.165) is 51.4 Å². The van der Waals surface area contributed by atoms with Crippen molar-refractivity contribution in [3.63, 3.8) is 0 Å². The summed E-state index contributed by atoms with van der Waals surface area (Å²) in [5, 5.41) is 3.40. The van der Waals surface area contributed by atoms with E-state index in [1.165, 1.54) is 0 Å². The van der Waals surface area contributed by atoms with Crippen LogP contribution >= 0.6 is 0 Å². The first kappa shape index (κ1) is 15.8. The van der Waals surface area contributed by atoms with Gasteiger partial charge in [-0.3, -0.25) is 4.79 Å². The fourth-order valence-corrected chi connectivity index (χ4v) is 3.90. The number of likely N-dealkylation sites (tertiary alicyclic amines) is 1. The van der Waals surface area contributed by atoms with Crippen molar-refractivity contribution in [3.8, 4) is 0 Å². The fraction of sp³-hybridized carbons (Fsp3) is 0.941. The highest BCUT2D eigenvalue weighted by Crippen LogP contribution is 2.39. The number of carbonyl (C=O) groups excluding carboxylic acids is 1. The van der Waals surface area contributed by atoms with Gasteiger partial charge < -0.3 is 10.2 Å². The summed E-state index contributed by atoms with van der Waals surface area (Å²) in [6.07, 6.45) is 3.33. The van der Waals surface area contributed by atoms with Gasteiger partial charge in [0.05, 0.1) is 5.41 Å². The van der Waals surface area contributed by atoms with Gasteiger partial charge in [0.1, 0.15) is 0 Å². The smallest absolute Gasteiger partial charge is 0.230 e. The number of hydrogen-bond donors (Lipinski definition) is 1. The van der Waals surface area contributed by atoms with Crippen molar-refractivity contribution >= 4 is 5.91 Å². The van der Waals surface area contributed by atoms with E-state index in [9.17, 15) is 4.79 Å². The lowest BCUT2D eigenvalue weighted by Gasteiger charge is -2.43. The molecule has 0 aliphatic carbocycles. The van der Waals surface area contributed by atoms with Crippen molar-refractivity contribution < 1.29 is 4.79 Å². The van der Waals surface area contributed by atoms with Crippen LogP contribution in [0.2, 0.25) is 0 Å². The van der Waals surface area contributed by atoms with Crippen LogP contribution in [0, 0.1) is 22.7 Å². The van der Waals surface area contributed by atoms with Crippen molar-refractivity contribution in [2.75, 3.05) is 26.2 Å². The second-order valence-electron chi connectivity index (χ2n) is 8.17. The van der Waals surface area contributed by atoms with Gasteiger partial charge >= 0.3 is 0 Å². The maximum atomic E-state index is 13.0. The van der Waals surface area contributed by atoms with E-state index in [1.807, 2.05) is 0 Å². The van der Waals surface area contributed by atoms with Crippen molar-refractivity contribution in [1.82, 2.24) is 10.2 Å². The summed E-state index contributed by atoms with van der Waals surface area (Å²) in [5.74, 6) is 1.58. The summed E-state index contributed by atoms with van der Waals surface area (Å²) in [6.45, 7) is 15.1. The first-order valence-electron chi connectivity index (χ1n) is 8.27. The molecule has 3 heteroatoms. The van der Waals surface area contributed by atoms with Crippen LogP contribution in [-0.2, 0) is 4.79 Å². The van der Waals surface area contributed by atoms with Crippen LogP contribution in [0.25, 0.3) is 0 Å². The zero-order valence-electron chi connectivity index (χ0n) is 14.0. The summed E-state index contributed by atoms with van der Waals surface area (Å²) >= 11 is 0. The summed E-state index contributed by atoms with van der Waals surface area (Å²) in [7, 11) is 0. The summed E-state index contributed by atoms with van der Waals surface area (Å²) < 4.78 is 0.